The van der Waals surface area contributed by atoms with Crippen LogP contribution < -0.4 is 5.73 Å². The molecule has 0 aromatic carbocycles. The molecule has 1 spiro atoms. The zero-order valence-electron chi connectivity index (χ0n) is 19.8. The lowest BCUT2D eigenvalue weighted by Gasteiger charge is -2.49. The minimum Gasteiger partial charge on any atom is -0.331 e. The van der Waals surface area contributed by atoms with Crippen LogP contribution in [0, 0.1) is 17.3 Å². The van der Waals surface area contributed by atoms with Gasteiger partial charge in [0, 0.05) is 26.2 Å². The number of hydrogen-bond donors (Lipinski definition) is 1. The second kappa shape index (κ2) is 18.7. The average Bonchev–Trinajstić information content (AvgIpc) is 2.90. The van der Waals surface area contributed by atoms with Gasteiger partial charge < -0.3 is 15.5 Å². The average molecular weight is 360 g/mol. The number of nitrogens with zero attached hydrogens (tertiary/aromatic N) is 2. The third-order valence-corrected chi connectivity index (χ3v) is 3.93. The first-order chi connectivity index (χ1) is 11.7. The Labute approximate surface area is 161 Å². The van der Waals surface area contributed by atoms with E-state index in [1.165, 1.54) is 45.4 Å². The van der Waals surface area contributed by atoms with Crippen LogP contribution in [0.2, 0.25) is 0 Å². The van der Waals surface area contributed by atoms with Crippen molar-refractivity contribution in [3.63, 3.8) is 0 Å². The summed E-state index contributed by atoms with van der Waals surface area (Å²) in [6.45, 7) is 24.8. The van der Waals surface area contributed by atoms with Crippen molar-refractivity contribution < 1.29 is 0 Å². The molecule has 0 aromatic heterocycles. The van der Waals surface area contributed by atoms with Gasteiger partial charge in [0.1, 0.15) is 0 Å². The van der Waals surface area contributed by atoms with Gasteiger partial charge in [0.15, 0.2) is 0 Å². The van der Waals surface area contributed by atoms with Crippen LogP contribution in [0.4, 0.5) is 0 Å². The Morgan fingerprint density at radius 2 is 1.48 bits per heavy atom. The van der Waals surface area contributed by atoms with Gasteiger partial charge in [0.25, 0.3) is 0 Å². The van der Waals surface area contributed by atoms with E-state index in [0.717, 1.165) is 23.8 Å². The smallest absolute Gasteiger partial charge is 0.0110 e. The van der Waals surface area contributed by atoms with Gasteiger partial charge in [-0.05, 0) is 50.7 Å². The van der Waals surface area contributed by atoms with Crippen LogP contribution in [0.5, 0.6) is 0 Å². The molecule has 2 fully saturated rings. The van der Waals surface area contributed by atoms with Gasteiger partial charge in [-0.2, -0.15) is 0 Å². The van der Waals surface area contributed by atoms with Crippen LogP contribution in [-0.4, -0.2) is 56.6 Å². The van der Waals surface area contributed by atoms with E-state index in [1.807, 2.05) is 34.6 Å². The minimum atomic E-state index is 0.750. The summed E-state index contributed by atoms with van der Waals surface area (Å²) in [5, 5.41) is 0. The summed E-state index contributed by atoms with van der Waals surface area (Å²) >= 11 is 0. The van der Waals surface area contributed by atoms with Crippen molar-refractivity contribution in [3.05, 3.63) is 0 Å². The summed E-state index contributed by atoms with van der Waals surface area (Å²) < 4.78 is 0. The molecule has 2 rings (SSSR count). The fourth-order valence-electron chi connectivity index (χ4n) is 3.19. The van der Waals surface area contributed by atoms with Crippen LogP contribution in [0.25, 0.3) is 0 Å². The molecule has 1 heterocycles. The van der Waals surface area contributed by atoms with Gasteiger partial charge in [-0.15, -0.1) is 0 Å². The molecule has 1 atom stereocenters. The highest BCUT2D eigenvalue weighted by Gasteiger charge is 2.46. The largest absolute Gasteiger partial charge is 0.331 e. The fourth-order valence-corrected chi connectivity index (χ4v) is 3.19. The molecule has 1 unspecified atom stereocenters. The van der Waals surface area contributed by atoms with Gasteiger partial charge in [-0.25, -0.2) is 0 Å². The van der Waals surface area contributed by atoms with E-state index >= 15 is 0 Å². The quantitative estimate of drug-likeness (QED) is 0.737. The summed E-state index contributed by atoms with van der Waals surface area (Å²) in [6.07, 6.45) is 4.46. The Morgan fingerprint density at radius 1 is 1.08 bits per heavy atom. The summed E-state index contributed by atoms with van der Waals surface area (Å²) in [7, 11) is 4.32. The molecule has 156 valence electrons. The summed E-state index contributed by atoms with van der Waals surface area (Å²) in [6, 6.07) is 0. The van der Waals surface area contributed by atoms with Crippen LogP contribution >= 0.6 is 0 Å². The standard InChI is InChI=1S/C12H24N2.C4H10.C2H7N.2C2H6/c1-11-4-5-12(8-11)9-14(10-12)7-6-13(2)3;1-4(2)3;1-2-3;2*1-2/h11H,4-10H2,1-3H3;4H,1-3H3;2-3H2,1H3;2*1-2H3. The molecular weight excluding hydrogens is 306 g/mol. The minimum absolute atomic E-state index is 0.750. The molecule has 0 radical (unpaired) electrons. The predicted molar refractivity (Wildman–Crippen MR) is 118 cm³/mol. The number of hydrogen-bond acceptors (Lipinski definition) is 3. The van der Waals surface area contributed by atoms with E-state index in [-0.39, 0.29) is 0 Å². The zero-order valence-corrected chi connectivity index (χ0v) is 19.8. The molecule has 25 heavy (non-hydrogen) atoms. The maximum atomic E-state index is 4.85. The molecule has 2 aliphatic rings. The molecule has 2 N–H and O–H groups in total. The molecule has 0 amide bonds. The van der Waals surface area contributed by atoms with E-state index in [4.69, 9.17) is 5.73 Å². The zero-order chi connectivity index (χ0) is 20.5. The Balaban J connectivity index is -0.000000371. The molecule has 1 aliphatic heterocycles. The first-order valence-electron chi connectivity index (χ1n) is 10.8. The van der Waals surface area contributed by atoms with Crippen molar-refractivity contribution in [1.29, 1.82) is 0 Å². The van der Waals surface area contributed by atoms with E-state index in [2.05, 4.69) is 51.6 Å². The summed E-state index contributed by atoms with van der Waals surface area (Å²) in [4.78, 5) is 4.90. The maximum Gasteiger partial charge on any atom is 0.0110 e. The van der Waals surface area contributed by atoms with E-state index in [1.54, 1.807) is 0 Å². The summed E-state index contributed by atoms with van der Waals surface area (Å²) in [5.74, 6) is 1.82. The number of rotatable bonds is 3. The van der Waals surface area contributed by atoms with Gasteiger partial charge in [-0.1, -0.05) is 68.7 Å². The molecule has 0 bridgehead atoms. The normalized spacial score (nSPS) is 20.2. The first-order valence-corrected chi connectivity index (χ1v) is 10.8. The Kier molecular flexibility index (Phi) is 22.1. The predicted octanol–water partition coefficient (Wildman–Crippen LogP) is 5.35. The second-order valence-corrected chi connectivity index (χ2v) is 8.00. The van der Waals surface area contributed by atoms with Crippen molar-refractivity contribution in [3.8, 4) is 0 Å². The third-order valence-electron chi connectivity index (χ3n) is 3.93. The number of nitrogens with two attached hydrogens (primary N) is 1. The van der Waals surface area contributed by atoms with Crippen LogP contribution in [-0.2, 0) is 0 Å². The van der Waals surface area contributed by atoms with Crippen molar-refractivity contribution >= 4 is 0 Å². The lowest BCUT2D eigenvalue weighted by atomic mass is 9.77. The Bertz CT molecular complexity index is 243. The number of likely N-dealkylation sites (N-methyl/N-ethyl adjacent to an activating group) is 1. The molecule has 1 saturated heterocycles. The van der Waals surface area contributed by atoms with Crippen molar-refractivity contribution in [2.45, 2.75) is 81.6 Å². The fraction of sp³-hybridized carbons (Fsp3) is 1.00. The SMILES string of the molecule is CC.CC.CC(C)C.CC1CCC2(C1)CN(CCN(C)C)C2.CCN. The van der Waals surface area contributed by atoms with E-state index in [9.17, 15) is 0 Å². The van der Waals surface area contributed by atoms with Crippen LogP contribution in [0.1, 0.15) is 81.6 Å². The van der Waals surface area contributed by atoms with Gasteiger partial charge in [-0.3, -0.25) is 0 Å². The molecule has 3 heteroatoms. The highest BCUT2D eigenvalue weighted by Crippen LogP contribution is 2.47. The highest BCUT2D eigenvalue weighted by molar-refractivity contribution is 4.99. The molecule has 0 aromatic rings. The van der Waals surface area contributed by atoms with Crippen molar-refractivity contribution in [2.24, 2.45) is 23.0 Å². The third kappa shape index (κ3) is 17.1. The Morgan fingerprint density at radius 3 is 1.76 bits per heavy atom. The number of likely N-dealkylation sites (tertiary alicyclic amines) is 1. The molecule has 1 aliphatic carbocycles. The first kappa shape index (κ1) is 29.6. The van der Waals surface area contributed by atoms with Gasteiger partial charge in [0.2, 0.25) is 0 Å². The van der Waals surface area contributed by atoms with Crippen molar-refractivity contribution in [1.82, 2.24) is 9.80 Å². The monoisotopic (exact) mass is 359 g/mol. The maximum absolute atomic E-state index is 4.85. The highest BCUT2D eigenvalue weighted by atomic mass is 15.2. The van der Waals surface area contributed by atoms with Gasteiger partial charge >= 0.3 is 0 Å². The lowest BCUT2D eigenvalue weighted by molar-refractivity contribution is 0.000227. The van der Waals surface area contributed by atoms with Crippen molar-refractivity contribution in [2.75, 3.05) is 46.8 Å². The topological polar surface area (TPSA) is 32.5 Å². The molecule has 3 nitrogen and oxygen atoms in total. The Hall–Kier alpha value is -0.120. The van der Waals surface area contributed by atoms with Gasteiger partial charge in [0.05, 0.1) is 0 Å². The van der Waals surface area contributed by atoms with Crippen LogP contribution in [0.3, 0.4) is 0 Å². The lowest BCUT2D eigenvalue weighted by Crippen LogP contribution is -2.56. The molecule has 1 saturated carbocycles. The summed E-state index contributed by atoms with van der Waals surface area (Å²) in [5.41, 5.74) is 5.60. The molecular formula is C22H53N3. The second-order valence-electron chi connectivity index (χ2n) is 8.00. The van der Waals surface area contributed by atoms with Crippen LogP contribution in [0.15, 0.2) is 0 Å². The van der Waals surface area contributed by atoms with E-state index < -0.39 is 0 Å². The van der Waals surface area contributed by atoms with E-state index in [0.29, 0.717) is 0 Å².